The van der Waals surface area contributed by atoms with Crippen molar-refractivity contribution in [3.8, 4) is 0 Å². The molecule has 1 fully saturated rings. The maximum atomic E-state index is 12.4. The van der Waals surface area contributed by atoms with Crippen LogP contribution in [0.4, 0.5) is 0 Å². The predicted octanol–water partition coefficient (Wildman–Crippen LogP) is 0.810. The summed E-state index contributed by atoms with van der Waals surface area (Å²) in [5.41, 5.74) is 0. The van der Waals surface area contributed by atoms with Gasteiger partial charge in [-0.2, -0.15) is 0 Å². The second kappa shape index (κ2) is 5.62. The summed E-state index contributed by atoms with van der Waals surface area (Å²) in [5.74, 6) is -1.98. The van der Waals surface area contributed by atoms with Gasteiger partial charge in [-0.1, -0.05) is 6.07 Å². The Morgan fingerprint density at radius 2 is 2.25 bits per heavy atom. The van der Waals surface area contributed by atoms with Crippen molar-refractivity contribution < 1.29 is 19.5 Å². The molecule has 108 valence electrons. The van der Waals surface area contributed by atoms with Gasteiger partial charge in [-0.05, 0) is 11.4 Å². The Hall–Kier alpha value is -1.89. The minimum atomic E-state index is -1.06. The van der Waals surface area contributed by atoms with Crippen LogP contribution in [0.3, 0.4) is 0 Å². The molecule has 7 heteroatoms. The monoisotopic (exact) mass is 296 g/mol. The first-order valence-electron chi connectivity index (χ1n) is 6.17. The van der Waals surface area contributed by atoms with Crippen molar-refractivity contribution in [1.29, 1.82) is 0 Å². The highest BCUT2D eigenvalue weighted by molar-refractivity contribution is 7.10. The lowest BCUT2D eigenvalue weighted by atomic mass is 9.97. The van der Waals surface area contributed by atoms with E-state index in [-0.39, 0.29) is 30.8 Å². The molecule has 0 bridgehead atoms. The van der Waals surface area contributed by atoms with Crippen molar-refractivity contribution in [2.45, 2.75) is 12.5 Å². The summed E-state index contributed by atoms with van der Waals surface area (Å²) in [7, 11) is 3.13. The van der Waals surface area contributed by atoms with Gasteiger partial charge in [0.25, 0.3) is 0 Å². The maximum Gasteiger partial charge on any atom is 0.323 e. The molecule has 0 aromatic carbocycles. The minimum Gasteiger partial charge on any atom is -0.480 e. The third-order valence-corrected chi connectivity index (χ3v) is 4.43. The first kappa shape index (κ1) is 14.5. The van der Waals surface area contributed by atoms with Gasteiger partial charge in [-0.3, -0.25) is 14.4 Å². The predicted molar refractivity (Wildman–Crippen MR) is 73.2 cm³/mol. The van der Waals surface area contributed by atoms with Gasteiger partial charge < -0.3 is 14.9 Å². The molecular weight excluding hydrogens is 280 g/mol. The number of thiophene rings is 1. The van der Waals surface area contributed by atoms with Gasteiger partial charge in [0.05, 0.1) is 12.0 Å². The van der Waals surface area contributed by atoms with Gasteiger partial charge in [0.1, 0.15) is 6.54 Å². The number of carbonyl (C=O) groups is 3. The Morgan fingerprint density at radius 3 is 2.80 bits per heavy atom. The molecule has 1 aliphatic rings. The molecule has 0 radical (unpaired) electrons. The SMILES string of the molecule is CN(CC(=O)O)C(=O)[C@@H]1CC(=O)N(C)[C@@H]1c1cccs1. The molecule has 20 heavy (non-hydrogen) atoms. The number of amides is 2. The fourth-order valence-corrected chi connectivity index (χ4v) is 3.44. The quantitative estimate of drug-likeness (QED) is 0.892. The van der Waals surface area contributed by atoms with E-state index in [9.17, 15) is 14.4 Å². The number of hydrogen-bond donors (Lipinski definition) is 1. The van der Waals surface area contributed by atoms with Crippen LogP contribution in [0.5, 0.6) is 0 Å². The lowest BCUT2D eigenvalue weighted by Gasteiger charge is -2.26. The first-order chi connectivity index (χ1) is 9.41. The number of hydrogen-bond acceptors (Lipinski definition) is 4. The third kappa shape index (κ3) is 2.67. The smallest absolute Gasteiger partial charge is 0.323 e. The van der Waals surface area contributed by atoms with Gasteiger partial charge in [-0.15, -0.1) is 11.3 Å². The maximum absolute atomic E-state index is 12.4. The van der Waals surface area contributed by atoms with Crippen molar-refractivity contribution >= 4 is 29.1 Å². The topological polar surface area (TPSA) is 77.9 Å². The molecule has 1 aromatic heterocycles. The number of aliphatic carboxylic acids is 1. The highest BCUT2D eigenvalue weighted by Crippen LogP contribution is 2.39. The van der Waals surface area contributed by atoms with Crippen molar-refractivity contribution in [3.05, 3.63) is 22.4 Å². The van der Waals surface area contributed by atoms with Crippen LogP contribution in [0.1, 0.15) is 17.3 Å². The van der Waals surface area contributed by atoms with Gasteiger partial charge in [0, 0.05) is 25.4 Å². The number of nitrogens with zero attached hydrogens (tertiary/aromatic N) is 2. The summed E-state index contributed by atoms with van der Waals surface area (Å²) < 4.78 is 0. The molecular formula is C13H16N2O4S. The molecule has 1 N–H and O–H groups in total. The van der Waals surface area contributed by atoms with E-state index in [1.54, 1.807) is 11.9 Å². The molecule has 0 spiro atoms. The average molecular weight is 296 g/mol. The van der Waals surface area contributed by atoms with E-state index >= 15 is 0 Å². The summed E-state index contributed by atoms with van der Waals surface area (Å²) in [4.78, 5) is 38.6. The number of carboxylic acids is 1. The van der Waals surface area contributed by atoms with E-state index in [0.29, 0.717) is 0 Å². The van der Waals surface area contributed by atoms with Gasteiger partial charge in [0.2, 0.25) is 11.8 Å². The van der Waals surface area contributed by atoms with Crippen LogP contribution in [0, 0.1) is 5.92 Å². The Bertz CT molecular complexity index is 528. The van der Waals surface area contributed by atoms with E-state index in [4.69, 9.17) is 5.11 Å². The molecule has 2 atom stereocenters. The number of carboxylic acid groups (broad SMARTS) is 1. The largest absolute Gasteiger partial charge is 0.480 e. The second-order valence-corrected chi connectivity index (χ2v) is 5.84. The van der Waals surface area contributed by atoms with Crippen LogP contribution < -0.4 is 0 Å². The third-order valence-electron chi connectivity index (χ3n) is 3.49. The Labute approximate surface area is 120 Å². The van der Waals surface area contributed by atoms with Gasteiger partial charge in [0.15, 0.2) is 0 Å². The summed E-state index contributed by atoms with van der Waals surface area (Å²) in [5, 5.41) is 10.7. The molecule has 2 rings (SSSR count). The fourth-order valence-electron chi connectivity index (χ4n) is 2.50. The summed E-state index contributed by atoms with van der Waals surface area (Å²) in [6, 6.07) is 3.47. The highest BCUT2D eigenvalue weighted by atomic mass is 32.1. The van der Waals surface area contributed by atoms with Crippen LogP contribution in [0.25, 0.3) is 0 Å². The molecule has 1 aromatic rings. The second-order valence-electron chi connectivity index (χ2n) is 4.86. The van der Waals surface area contributed by atoms with E-state index in [0.717, 1.165) is 4.88 Å². The Morgan fingerprint density at radius 1 is 1.55 bits per heavy atom. The zero-order valence-electron chi connectivity index (χ0n) is 11.3. The van der Waals surface area contributed by atoms with Crippen molar-refractivity contribution in [1.82, 2.24) is 9.80 Å². The summed E-state index contributed by atoms with van der Waals surface area (Å²) in [6.45, 7) is -0.357. The Kier molecular flexibility index (Phi) is 4.08. The van der Waals surface area contributed by atoms with Crippen LogP contribution >= 0.6 is 11.3 Å². The fraction of sp³-hybridized carbons (Fsp3) is 0.462. The molecule has 0 unspecified atom stereocenters. The van der Waals surface area contributed by atoms with Crippen LogP contribution in [-0.2, 0) is 14.4 Å². The minimum absolute atomic E-state index is 0.0922. The van der Waals surface area contributed by atoms with Crippen molar-refractivity contribution in [2.75, 3.05) is 20.6 Å². The summed E-state index contributed by atoms with van der Waals surface area (Å²) >= 11 is 1.49. The molecule has 2 amide bonds. The van der Waals surface area contributed by atoms with Crippen molar-refractivity contribution in [2.24, 2.45) is 5.92 Å². The van der Waals surface area contributed by atoms with Crippen LogP contribution in [0.2, 0.25) is 0 Å². The number of carbonyl (C=O) groups excluding carboxylic acids is 2. The summed E-state index contributed by atoms with van der Waals surface area (Å²) in [6.07, 6.45) is 0.127. The first-order valence-corrected chi connectivity index (χ1v) is 7.05. The van der Waals surface area contributed by atoms with E-state index in [2.05, 4.69) is 0 Å². The van der Waals surface area contributed by atoms with E-state index in [1.165, 1.54) is 23.3 Å². The molecule has 0 aliphatic carbocycles. The van der Waals surface area contributed by atoms with E-state index in [1.807, 2.05) is 17.5 Å². The lowest BCUT2D eigenvalue weighted by Crippen LogP contribution is -2.38. The Balaban J connectivity index is 2.23. The van der Waals surface area contributed by atoms with Crippen LogP contribution in [-0.4, -0.2) is 53.3 Å². The number of rotatable bonds is 4. The van der Waals surface area contributed by atoms with Gasteiger partial charge >= 0.3 is 5.97 Å². The average Bonchev–Trinajstić information content (AvgIpc) is 2.97. The highest BCUT2D eigenvalue weighted by Gasteiger charge is 2.44. The molecule has 0 saturated carbocycles. The standard InChI is InChI=1S/C13H16N2O4S/c1-14(7-11(17)18)13(19)8-6-10(16)15(2)12(8)9-4-3-5-20-9/h3-5,8,12H,6-7H2,1-2H3,(H,17,18)/t8-,12+/m1/s1. The molecule has 2 heterocycles. The van der Waals surface area contributed by atoms with Gasteiger partial charge in [-0.25, -0.2) is 0 Å². The number of likely N-dealkylation sites (N-methyl/N-ethyl adjacent to an activating group) is 1. The van der Waals surface area contributed by atoms with E-state index < -0.39 is 11.9 Å². The molecule has 1 saturated heterocycles. The molecule has 1 aliphatic heterocycles. The zero-order chi connectivity index (χ0) is 14.9. The molecule has 6 nitrogen and oxygen atoms in total. The zero-order valence-corrected chi connectivity index (χ0v) is 12.1. The normalized spacial score (nSPS) is 22.1. The number of likely N-dealkylation sites (tertiary alicyclic amines) is 1. The van der Waals surface area contributed by atoms with Crippen LogP contribution in [0.15, 0.2) is 17.5 Å². The van der Waals surface area contributed by atoms with Crippen molar-refractivity contribution in [3.63, 3.8) is 0 Å². The lowest BCUT2D eigenvalue weighted by molar-refractivity contribution is -0.145.